The number of nitrogens with zero attached hydrogens (tertiary/aromatic N) is 3. The standard InChI is InChI=1S/C18H13Br2N3O/c1-22-12-9-5-6-10-13(12)23-15(16(24)17(19)20)14(21-18(22)23)11-7-3-2-4-8-11/h2-10,17H,1H3. The van der Waals surface area contributed by atoms with Gasteiger partial charge in [-0.1, -0.05) is 74.3 Å². The van der Waals surface area contributed by atoms with Crippen LogP contribution in [0.25, 0.3) is 28.1 Å². The van der Waals surface area contributed by atoms with E-state index in [-0.39, 0.29) is 5.78 Å². The van der Waals surface area contributed by atoms with Crippen molar-refractivity contribution in [2.24, 2.45) is 7.05 Å². The Bertz CT molecular complexity index is 1060. The van der Waals surface area contributed by atoms with Gasteiger partial charge in [-0.3, -0.25) is 9.20 Å². The van der Waals surface area contributed by atoms with Gasteiger partial charge >= 0.3 is 0 Å². The second kappa shape index (κ2) is 5.86. The molecule has 24 heavy (non-hydrogen) atoms. The van der Waals surface area contributed by atoms with E-state index in [9.17, 15) is 4.79 Å². The molecule has 0 saturated heterocycles. The molecule has 4 aromatic rings. The molecule has 4 rings (SSSR count). The minimum Gasteiger partial charge on any atom is -0.313 e. The van der Waals surface area contributed by atoms with E-state index in [1.54, 1.807) is 0 Å². The molecule has 0 N–H and O–H groups in total. The van der Waals surface area contributed by atoms with Gasteiger partial charge in [-0.05, 0) is 12.1 Å². The van der Waals surface area contributed by atoms with Gasteiger partial charge in [0.1, 0.15) is 15.1 Å². The van der Waals surface area contributed by atoms with Gasteiger partial charge in [0.15, 0.2) is 0 Å². The second-order valence-electron chi connectivity index (χ2n) is 5.52. The topological polar surface area (TPSA) is 39.3 Å². The first-order valence-electron chi connectivity index (χ1n) is 7.43. The Hall–Kier alpha value is -1.92. The van der Waals surface area contributed by atoms with E-state index in [1.807, 2.05) is 70.6 Å². The molecule has 0 aliphatic rings. The molecule has 0 aliphatic carbocycles. The minimum atomic E-state index is -0.466. The summed E-state index contributed by atoms with van der Waals surface area (Å²) < 4.78 is 3.48. The maximum Gasteiger partial charge on any atom is 0.215 e. The van der Waals surface area contributed by atoms with E-state index >= 15 is 0 Å². The van der Waals surface area contributed by atoms with Crippen molar-refractivity contribution in [1.29, 1.82) is 0 Å². The summed E-state index contributed by atoms with van der Waals surface area (Å²) in [6, 6.07) is 17.8. The number of imidazole rings is 2. The van der Waals surface area contributed by atoms with Crippen LogP contribution in [0.1, 0.15) is 10.5 Å². The number of hydrogen-bond donors (Lipinski definition) is 0. The molecule has 120 valence electrons. The predicted octanol–water partition coefficient (Wildman–Crippen LogP) is 4.79. The van der Waals surface area contributed by atoms with Crippen molar-refractivity contribution in [2.45, 2.75) is 3.74 Å². The van der Waals surface area contributed by atoms with Gasteiger partial charge < -0.3 is 4.57 Å². The third-order valence-corrected chi connectivity index (χ3v) is 4.95. The Balaban J connectivity index is 2.16. The van der Waals surface area contributed by atoms with Crippen molar-refractivity contribution >= 4 is 54.5 Å². The number of aryl methyl sites for hydroxylation is 1. The lowest BCUT2D eigenvalue weighted by molar-refractivity contribution is 0.101. The first-order chi connectivity index (χ1) is 11.6. The van der Waals surface area contributed by atoms with Crippen LogP contribution in [0.2, 0.25) is 0 Å². The molecule has 2 heterocycles. The van der Waals surface area contributed by atoms with Gasteiger partial charge in [-0.15, -0.1) is 0 Å². The molecular formula is C18H13Br2N3O. The summed E-state index contributed by atoms with van der Waals surface area (Å²) in [7, 11) is 1.97. The molecule has 0 aliphatic heterocycles. The van der Waals surface area contributed by atoms with Crippen LogP contribution in [0.15, 0.2) is 54.6 Å². The molecule has 0 atom stereocenters. The van der Waals surface area contributed by atoms with E-state index < -0.39 is 3.74 Å². The van der Waals surface area contributed by atoms with Crippen LogP contribution in [0.5, 0.6) is 0 Å². The molecule has 0 saturated carbocycles. The van der Waals surface area contributed by atoms with Gasteiger partial charge in [0, 0.05) is 12.6 Å². The summed E-state index contributed by atoms with van der Waals surface area (Å²) >= 11 is 6.69. The fourth-order valence-electron chi connectivity index (χ4n) is 3.03. The number of fused-ring (bicyclic) bond motifs is 3. The molecular weight excluding hydrogens is 434 g/mol. The maximum absolute atomic E-state index is 12.9. The summed E-state index contributed by atoms with van der Waals surface area (Å²) in [5.74, 6) is 0.691. The summed E-state index contributed by atoms with van der Waals surface area (Å²) in [6.07, 6.45) is 0. The molecule has 0 bridgehead atoms. The molecule has 4 nitrogen and oxygen atoms in total. The number of rotatable bonds is 3. The Labute approximate surface area is 155 Å². The largest absolute Gasteiger partial charge is 0.313 e. The third-order valence-electron chi connectivity index (χ3n) is 4.12. The maximum atomic E-state index is 12.9. The Kier molecular flexibility index (Phi) is 3.81. The lowest BCUT2D eigenvalue weighted by Crippen LogP contribution is -2.11. The van der Waals surface area contributed by atoms with Crippen molar-refractivity contribution in [3.05, 3.63) is 60.3 Å². The number of Topliss-reactive ketones (excluding diaryl/α,β-unsaturated/α-hetero) is 1. The van der Waals surface area contributed by atoms with Crippen molar-refractivity contribution in [1.82, 2.24) is 14.0 Å². The molecule has 0 radical (unpaired) electrons. The molecule has 2 aromatic carbocycles. The predicted molar refractivity (Wildman–Crippen MR) is 103 cm³/mol. The van der Waals surface area contributed by atoms with Crippen molar-refractivity contribution in [3.63, 3.8) is 0 Å². The number of carbonyl (C=O) groups is 1. The van der Waals surface area contributed by atoms with Crippen LogP contribution in [0.4, 0.5) is 0 Å². The number of alkyl halides is 2. The minimum absolute atomic E-state index is 0.0577. The van der Waals surface area contributed by atoms with Gasteiger partial charge in [0.2, 0.25) is 11.6 Å². The van der Waals surface area contributed by atoms with Crippen LogP contribution in [0, 0.1) is 0 Å². The van der Waals surface area contributed by atoms with Gasteiger partial charge in [0.05, 0.1) is 11.0 Å². The summed E-state index contributed by atoms with van der Waals surface area (Å²) in [5.41, 5.74) is 4.20. The first-order valence-corrected chi connectivity index (χ1v) is 9.26. The van der Waals surface area contributed by atoms with Gasteiger partial charge in [-0.2, -0.15) is 0 Å². The molecule has 6 heteroatoms. The van der Waals surface area contributed by atoms with Crippen molar-refractivity contribution < 1.29 is 4.79 Å². The van der Waals surface area contributed by atoms with Crippen LogP contribution >= 0.6 is 31.9 Å². The third kappa shape index (κ3) is 2.24. The first kappa shape index (κ1) is 15.6. The number of para-hydroxylation sites is 2. The molecule has 2 aromatic heterocycles. The fraction of sp³-hybridized carbons (Fsp3) is 0.111. The Morgan fingerprint density at radius 3 is 2.29 bits per heavy atom. The lowest BCUT2D eigenvalue weighted by Gasteiger charge is -2.05. The monoisotopic (exact) mass is 445 g/mol. The average molecular weight is 447 g/mol. The van der Waals surface area contributed by atoms with E-state index in [2.05, 4.69) is 31.9 Å². The van der Waals surface area contributed by atoms with Gasteiger partial charge in [-0.25, -0.2) is 4.98 Å². The molecule has 0 amide bonds. The lowest BCUT2D eigenvalue weighted by atomic mass is 10.1. The van der Waals surface area contributed by atoms with E-state index in [4.69, 9.17) is 4.98 Å². The summed E-state index contributed by atoms with van der Waals surface area (Å²) in [5, 5.41) is 0. The average Bonchev–Trinajstić information content (AvgIpc) is 3.12. The molecule has 0 fully saturated rings. The number of carbonyl (C=O) groups excluding carboxylic acids is 1. The number of benzene rings is 2. The normalized spacial score (nSPS) is 11.7. The van der Waals surface area contributed by atoms with Crippen LogP contribution < -0.4 is 0 Å². The van der Waals surface area contributed by atoms with Crippen molar-refractivity contribution in [2.75, 3.05) is 0 Å². The zero-order valence-corrected chi connectivity index (χ0v) is 16.0. The zero-order chi connectivity index (χ0) is 16.8. The highest BCUT2D eigenvalue weighted by molar-refractivity contribution is 9.25. The SMILES string of the molecule is Cn1c2ccccc2n2c(C(=O)C(Br)Br)c(-c3ccccc3)nc12. The highest BCUT2D eigenvalue weighted by Gasteiger charge is 2.27. The summed E-state index contributed by atoms with van der Waals surface area (Å²) in [6.45, 7) is 0. The van der Waals surface area contributed by atoms with Crippen LogP contribution in [-0.4, -0.2) is 23.5 Å². The number of hydrogen-bond acceptors (Lipinski definition) is 2. The second-order valence-corrected chi connectivity index (χ2v) is 8.58. The Morgan fingerprint density at radius 2 is 1.62 bits per heavy atom. The van der Waals surface area contributed by atoms with E-state index in [0.717, 1.165) is 22.4 Å². The van der Waals surface area contributed by atoms with E-state index in [0.29, 0.717) is 11.4 Å². The van der Waals surface area contributed by atoms with Crippen LogP contribution in [-0.2, 0) is 7.05 Å². The Morgan fingerprint density at radius 1 is 1.00 bits per heavy atom. The smallest absolute Gasteiger partial charge is 0.215 e. The number of aromatic nitrogens is 3. The fourth-order valence-corrected chi connectivity index (χ4v) is 3.47. The van der Waals surface area contributed by atoms with Crippen LogP contribution in [0.3, 0.4) is 0 Å². The van der Waals surface area contributed by atoms with Gasteiger partial charge in [0.25, 0.3) is 0 Å². The quantitative estimate of drug-likeness (QED) is 0.335. The van der Waals surface area contributed by atoms with E-state index in [1.165, 1.54) is 0 Å². The molecule has 0 spiro atoms. The van der Waals surface area contributed by atoms with Crippen molar-refractivity contribution in [3.8, 4) is 11.3 Å². The summed E-state index contributed by atoms with van der Waals surface area (Å²) in [4.78, 5) is 17.7. The zero-order valence-electron chi connectivity index (χ0n) is 12.8. The highest BCUT2D eigenvalue weighted by Crippen LogP contribution is 2.31. The number of ketones is 1. The molecule has 0 unspecified atom stereocenters. The highest BCUT2D eigenvalue weighted by atomic mass is 79.9. The number of halogens is 2.